The lowest BCUT2D eigenvalue weighted by Crippen LogP contribution is -2.16. The molecule has 178 valence electrons. The van der Waals surface area contributed by atoms with Crippen LogP contribution in [0.1, 0.15) is 32.3 Å². The molecule has 0 unspecified atom stereocenters. The molecular formula is C23H28ClN3O6. The summed E-state index contributed by atoms with van der Waals surface area (Å²) in [5.74, 6) is -0.902. The molecule has 0 aliphatic rings. The van der Waals surface area contributed by atoms with E-state index < -0.39 is 5.97 Å². The van der Waals surface area contributed by atoms with Gasteiger partial charge in [-0.2, -0.15) is 0 Å². The van der Waals surface area contributed by atoms with Gasteiger partial charge in [-0.3, -0.25) is 14.4 Å². The molecule has 0 heterocycles. The quantitative estimate of drug-likeness (QED) is 0.250. The van der Waals surface area contributed by atoms with Crippen LogP contribution in [0.25, 0.3) is 0 Å². The second kappa shape index (κ2) is 13.2. The number of anilines is 3. The standard InChI is InChI=1S/C23H28ClN3O6/c1-3-32-23(31)14-25-17-7-6-16(19(24)11-17)13-26-21-12-18(33-10-4-5-22(29)30)8-9-20(21)27-15(2)28/h6-9,11-12,25-26H,3-5,10,13-14H2,1-2H3,(H,27,28)(H,29,30). The third kappa shape index (κ3) is 9.28. The van der Waals surface area contributed by atoms with Gasteiger partial charge in [-0.25, -0.2) is 0 Å². The zero-order valence-electron chi connectivity index (χ0n) is 18.6. The Kier molecular flexibility index (Phi) is 10.3. The van der Waals surface area contributed by atoms with Gasteiger partial charge in [0.1, 0.15) is 12.3 Å². The van der Waals surface area contributed by atoms with Crippen molar-refractivity contribution in [2.45, 2.75) is 33.2 Å². The van der Waals surface area contributed by atoms with Crippen LogP contribution in [0.3, 0.4) is 0 Å². The minimum atomic E-state index is -0.874. The van der Waals surface area contributed by atoms with Gasteiger partial charge in [0, 0.05) is 36.7 Å². The van der Waals surface area contributed by atoms with E-state index in [-0.39, 0.29) is 31.4 Å². The molecule has 0 bridgehead atoms. The number of benzene rings is 2. The molecule has 2 aromatic carbocycles. The van der Waals surface area contributed by atoms with Crippen molar-refractivity contribution in [3.05, 3.63) is 47.0 Å². The van der Waals surface area contributed by atoms with Gasteiger partial charge in [0.05, 0.1) is 24.6 Å². The van der Waals surface area contributed by atoms with Crippen LogP contribution in [0.2, 0.25) is 5.02 Å². The second-order valence-corrected chi connectivity index (χ2v) is 7.46. The largest absolute Gasteiger partial charge is 0.494 e. The van der Waals surface area contributed by atoms with Crippen molar-refractivity contribution in [2.24, 2.45) is 0 Å². The zero-order chi connectivity index (χ0) is 24.2. The molecule has 0 aromatic heterocycles. The number of aliphatic carboxylic acids is 1. The van der Waals surface area contributed by atoms with Gasteiger partial charge in [0.15, 0.2) is 0 Å². The average Bonchev–Trinajstić information content (AvgIpc) is 2.75. The summed E-state index contributed by atoms with van der Waals surface area (Å²) in [4.78, 5) is 33.7. The predicted molar refractivity (Wildman–Crippen MR) is 127 cm³/mol. The number of carboxylic acids is 1. The smallest absolute Gasteiger partial charge is 0.325 e. The van der Waals surface area contributed by atoms with Crippen LogP contribution in [-0.4, -0.2) is 42.7 Å². The van der Waals surface area contributed by atoms with Gasteiger partial charge in [0.25, 0.3) is 0 Å². The number of esters is 1. The Morgan fingerprint density at radius 1 is 1.06 bits per heavy atom. The molecule has 0 saturated heterocycles. The molecule has 33 heavy (non-hydrogen) atoms. The predicted octanol–water partition coefficient (Wildman–Crippen LogP) is 4.13. The summed E-state index contributed by atoms with van der Waals surface area (Å²) in [6.45, 7) is 4.15. The molecule has 9 nitrogen and oxygen atoms in total. The summed E-state index contributed by atoms with van der Waals surface area (Å²) in [5.41, 5.74) is 2.69. The normalized spacial score (nSPS) is 10.3. The van der Waals surface area contributed by atoms with Crippen molar-refractivity contribution < 1.29 is 29.0 Å². The van der Waals surface area contributed by atoms with Crippen molar-refractivity contribution >= 4 is 46.5 Å². The van der Waals surface area contributed by atoms with Crippen LogP contribution in [-0.2, 0) is 25.7 Å². The van der Waals surface area contributed by atoms with Gasteiger partial charge in [-0.1, -0.05) is 17.7 Å². The Hall–Kier alpha value is -3.46. The van der Waals surface area contributed by atoms with E-state index in [9.17, 15) is 14.4 Å². The van der Waals surface area contributed by atoms with Gasteiger partial charge < -0.3 is 30.5 Å². The van der Waals surface area contributed by atoms with Crippen LogP contribution in [0.4, 0.5) is 17.1 Å². The zero-order valence-corrected chi connectivity index (χ0v) is 19.3. The number of carbonyl (C=O) groups is 3. The van der Waals surface area contributed by atoms with Gasteiger partial charge in [-0.05, 0) is 43.2 Å². The molecule has 0 radical (unpaired) electrons. The SMILES string of the molecule is CCOC(=O)CNc1ccc(CNc2cc(OCCCC(=O)O)ccc2NC(C)=O)c(Cl)c1. The maximum atomic E-state index is 11.6. The van der Waals surface area contributed by atoms with E-state index >= 15 is 0 Å². The average molecular weight is 478 g/mol. The number of amides is 1. The minimum absolute atomic E-state index is 0.0260. The maximum Gasteiger partial charge on any atom is 0.325 e. The highest BCUT2D eigenvalue weighted by Crippen LogP contribution is 2.29. The molecule has 0 atom stereocenters. The van der Waals surface area contributed by atoms with Crippen molar-refractivity contribution in [3.8, 4) is 5.75 Å². The summed E-state index contributed by atoms with van der Waals surface area (Å²) < 4.78 is 10.5. The van der Waals surface area contributed by atoms with Crippen LogP contribution in [0.5, 0.6) is 5.75 Å². The lowest BCUT2D eigenvalue weighted by molar-refractivity contribution is -0.141. The first-order chi connectivity index (χ1) is 15.8. The Morgan fingerprint density at radius 3 is 2.52 bits per heavy atom. The first-order valence-corrected chi connectivity index (χ1v) is 10.8. The number of ether oxygens (including phenoxy) is 2. The summed E-state index contributed by atoms with van der Waals surface area (Å²) in [6.07, 6.45) is 0.413. The Labute approximate surface area is 197 Å². The number of carbonyl (C=O) groups excluding carboxylic acids is 2. The Morgan fingerprint density at radius 2 is 1.85 bits per heavy atom. The first kappa shape index (κ1) is 25.8. The Bertz CT molecular complexity index is 983. The number of carboxylic acid groups (broad SMARTS) is 1. The van der Waals surface area contributed by atoms with Crippen molar-refractivity contribution in [1.82, 2.24) is 0 Å². The van der Waals surface area contributed by atoms with Gasteiger partial charge in [-0.15, -0.1) is 0 Å². The van der Waals surface area contributed by atoms with E-state index in [0.717, 1.165) is 5.56 Å². The topological polar surface area (TPSA) is 126 Å². The summed E-state index contributed by atoms with van der Waals surface area (Å²) >= 11 is 6.40. The van der Waals surface area contributed by atoms with E-state index in [1.165, 1.54) is 6.92 Å². The van der Waals surface area contributed by atoms with E-state index in [1.54, 1.807) is 37.3 Å². The van der Waals surface area contributed by atoms with Crippen molar-refractivity contribution in [1.29, 1.82) is 0 Å². The number of hydrogen-bond donors (Lipinski definition) is 4. The highest BCUT2D eigenvalue weighted by Gasteiger charge is 2.09. The van der Waals surface area contributed by atoms with E-state index in [2.05, 4.69) is 16.0 Å². The number of halogens is 1. The first-order valence-electron chi connectivity index (χ1n) is 10.5. The third-order valence-electron chi connectivity index (χ3n) is 4.37. The molecule has 0 fully saturated rings. The fourth-order valence-corrected chi connectivity index (χ4v) is 3.10. The van der Waals surface area contributed by atoms with E-state index in [0.29, 0.717) is 47.4 Å². The molecule has 0 aliphatic heterocycles. The minimum Gasteiger partial charge on any atom is -0.494 e. The summed E-state index contributed by atoms with van der Waals surface area (Å²) in [7, 11) is 0. The molecule has 0 aliphatic carbocycles. The van der Waals surface area contributed by atoms with Gasteiger partial charge in [0.2, 0.25) is 5.91 Å². The fraction of sp³-hybridized carbons (Fsp3) is 0.348. The molecule has 2 rings (SSSR count). The van der Waals surface area contributed by atoms with Gasteiger partial charge >= 0.3 is 11.9 Å². The molecule has 2 aromatic rings. The lowest BCUT2D eigenvalue weighted by atomic mass is 10.2. The molecule has 4 N–H and O–H groups in total. The highest BCUT2D eigenvalue weighted by atomic mass is 35.5. The molecule has 10 heteroatoms. The molecule has 0 saturated carbocycles. The van der Waals surface area contributed by atoms with Crippen molar-refractivity contribution in [3.63, 3.8) is 0 Å². The monoisotopic (exact) mass is 477 g/mol. The summed E-state index contributed by atoms with van der Waals surface area (Å²) in [5, 5.41) is 18.2. The molecule has 0 spiro atoms. The van der Waals surface area contributed by atoms with Crippen LogP contribution < -0.4 is 20.7 Å². The van der Waals surface area contributed by atoms with Crippen LogP contribution in [0.15, 0.2) is 36.4 Å². The number of rotatable bonds is 13. The maximum absolute atomic E-state index is 11.6. The van der Waals surface area contributed by atoms with E-state index in [4.69, 9.17) is 26.2 Å². The van der Waals surface area contributed by atoms with Crippen LogP contribution >= 0.6 is 11.6 Å². The van der Waals surface area contributed by atoms with Crippen LogP contribution in [0, 0.1) is 0 Å². The van der Waals surface area contributed by atoms with Crippen molar-refractivity contribution in [2.75, 3.05) is 35.7 Å². The number of nitrogens with one attached hydrogen (secondary N) is 3. The Balaban J connectivity index is 2.04. The summed E-state index contributed by atoms with van der Waals surface area (Å²) in [6, 6.07) is 10.5. The second-order valence-electron chi connectivity index (χ2n) is 7.05. The molecular weight excluding hydrogens is 450 g/mol. The lowest BCUT2D eigenvalue weighted by Gasteiger charge is -2.16. The molecule has 1 amide bonds. The van der Waals surface area contributed by atoms with E-state index in [1.807, 2.05) is 6.07 Å². The fourth-order valence-electron chi connectivity index (χ4n) is 2.85. The highest BCUT2D eigenvalue weighted by molar-refractivity contribution is 6.31. The number of hydrogen-bond acceptors (Lipinski definition) is 7. The third-order valence-corrected chi connectivity index (χ3v) is 4.72.